The minimum Gasteiger partial charge on any atom is -0.506 e. The van der Waals surface area contributed by atoms with E-state index >= 15 is 0 Å². The van der Waals surface area contributed by atoms with Crippen LogP contribution in [0.4, 0.5) is 0 Å². The van der Waals surface area contributed by atoms with E-state index < -0.39 is 18.4 Å². The first-order valence-electron chi connectivity index (χ1n) is 5.44. The van der Waals surface area contributed by atoms with E-state index in [2.05, 4.69) is 15.9 Å². The van der Waals surface area contributed by atoms with E-state index in [1.807, 2.05) is 0 Å². The highest BCUT2D eigenvalue weighted by atomic mass is 79.9. The molecular formula is C12H7BrClNO4S2. The van der Waals surface area contributed by atoms with Crippen LogP contribution < -0.4 is 0 Å². The Bertz CT molecular complexity index is 692. The normalized spacial score (nSPS) is 16.9. The second-order valence-corrected chi connectivity index (χ2v) is 6.95. The van der Waals surface area contributed by atoms with Gasteiger partial charge in [0.05, 0.1) is 9.38 Å². The number of carbonyl (C=O) groups excluding carboxylic acids is 1. The zero-order chi connectivity index (χ0) is 15.7. The first-order valence-corrected chi connectivity index (χ1v) is 7.84. The molecule has 0 aliphatic carbocycles. The Balaban J connectivity index is 2.37. The van der Waals surface area contributed by atoms with Crippen molar-refractivity contribution in [2.45, 2.75) is 0 Å². The summed E-state index contributed by atoms with van der Waals surface area (Å²) in [5.41, 5.74) is 0.338. The monoisotopic (exact) mass is 407 g/mol. The Hall–Kier alpha value is -1.09. The first kappa shape index (κ1) is 16.3. The summed E-state index contributed by atoms with van der Waals surface area (Å²) in [6.07, 6.45) is 1.42. The Labute approximate surface area is 142 Å². The minimum absolute atomic E-state index is 0.0668. The maximum atomic E-state index is 12.1. The fourth-order valence-corrected chi connectivity index (χ4v) is 3.69. The molecule has 0 radical (unpaired) electrons. The van der Waals surface area contributed by atoms with E-state index in [0.717, 1.165) is 16.7 Å². The second-order valence-electron chi connectivity index (χ2n) is 3.99. The number of thiocarbonyl (C=S) groups is 1. The number of phenols is 1. The summed E-state index contributed by atoms with van der Waals surface area (Å²) >= 11 is 15.0. The molecule has 0 aromatic heterocycles. The van der Waals surface area contributed by atoms with Gasteiger partial charge in [-0.15, -0.1) is 0 Å². The van der Waals surface area contributed by atoms with Gasteiger partial charge in [0.15, 0.2) is 0 Å². The molecule has 1 aromatic rings. The average molecular weight is 409 g/mol. The van der Waals surface area contributed by atoms with E-state index in [4.69, 9.17) is 28.9 Å². The zero-order valence-electron chi connectivity index (χ0n) is 10.2. The van der Waals surface area contributed by atoms with Gasteiger partial charge in [-0.1, -0.05) is 35.6 Å². The van der Waals surface area contributed by atoms with Crippen LogP contribution in [-0.4, -0.2) is 37.9 Å². The summed E-state index contributed by atoms with van der Waals surface area (Å²) in [6, 6.07) is 3.01. The highest BCUT2D eigenvalue weighted by Crippen LogP contribution is 2.37. The van der Waals surface area contributed by atoms with Crippen LogP contribution in [0.15, 0.2) is 21.5 Å². The van der Waals surface area contributed by atoms with Gasteiger partial charge >= 0.3 is 5.97 Å². The number of amides is 1. The second kappa shape index (κ2) is 6.35. The predicted octanol–water partition coefficient (Wildman–Crippen LogP) is 3.09. The smallest absolute Gasteiger partial charge is 0.323 e. The summed E-state index contributed by atoms with van der Waals surface area (Å²) in [5, 5.41) is 19.1. The summed E-state index contributed by atoms with van der Waals surface area (Å²) in [5.74, 6) is -1.73. The van der Waals surface area contributed by atoms with Crippen LogP contribution in [0.2, 0.25) is 5.02 Å². The zero-order valence-corrected chi connectivity index (χ0v) is 14.1. The molecule has 9 heteroatoms. The number of carboxylic acids is 1. The van der Waals surface area contributed by atoms with Crippen LogP contribution in [0, 0.1) is 0 Å². The minimum atomic E-state index is -1.15. The fourth-order valence-electron chi connectivity index (χ4n) is 1.61. The molecule has 0 bridgehead atoms. The summed E-state index contributed by atoms with van der Waals surface area (Å²) in [7, 11) is 0. The van der Waals surface area contributed by atoms with Crippen molar-refractivity contribution in [2.24, 2.45) is 0 Å². The molecule has 110 valence electrons. The van der Waals surface area contributed by atoms with E-state index in [1.165, 1.54) is 18.2 Å². The molecule has 0 unspecified atom stereocenters. The molecule has 2 N–H and O–H groups in total. The van der Waals surface area contributed by atoms with Crippen molar-refractivity contribution >= 4 is 73.8 Å². The molecule has 2 rings (SSSR count). The number of aromatic hydroxyl groups is 1. The molecule has 0 spiro atoms. The van der Waals surface area contributed by atoms with Crippen LogP contribution in [0.25, 0.3) is 6.08 Å². The van der Waals surface area contributed by atoms with Crippen molar-refractivity contribution in [2.75, 3.05) is 6.54 Å². The van der Waals surface area contributed by atoms with Gasteiger partial charge in [-0.2, -0.15) is 0 Å². The Morgan fingerprint density at radius 1 is 1.52 bits per heavy atom. The largest absolute Gasteiger partial charge is 0.506 e. The predicted molar refractivity (Wildman–Crippen MR) is 88.3 cm³/mol. The SMILES string of the molecule is O=C(O)CN1C(=O)/C(=C\c2cc(Cl)cc(Br)c2O)SC1=S. The van der Waals surface area contributed by atoms with Gasteiger partial charge < -0.3 is 10.2 Å². The van der Waals surface area contributed by atoms with Crippen LogP contribution in [0.3, 0.4) is 0 Å². The Kier molecular flexibility index (Phi) is 4.92. The van der Waals surface area contributed by atoms with E-state index in [1.54, 1.807) is 0 Å². The number of carboxylic acid groups (broad SMARTS) is 1. The molecule has 21 heavy (non-hydrogen) atoms. The van der Waals surface area contributed by atoms with Gasteiger partial charge in [-0.05, 0) is 34.1 Å². The van der Waals surface area contributed by atoms with E-state index in [9.17, 15) is 14.7 Å². The van der Waals surface area contributed by atoms with Crippen molar-refractivity contribution in [3.8, 4) is 5.75 Å². The number of thioether (sulfide) groups is 1. The topological polar surface area (TPSA) is 77.8 Å². The van der Waals surface area contributed by atoms with Gasteiger partial charge in [-0.3, -0.25) is 14.5 Å². The third-order valence-corrected chi connectivity index (χ3v) is 4.71. The molecule has 1 aliphatic heterocycles. The van der Waals surface area contributed by atoms with Gasteiger partial charge in [0.1, 0.15) is 16.6 Å². The third-order valence-electron chi connectivity index (χ3n) is 2.51. The van der Waals surface area contributed by atoms with Crippen molar-refractivity contribution in [3.63, 3.8) is 0 Å². The molecule has 1 aromatic carbocycles. The lowest BCUT2D eigenvalue weighted by atomic mass is 10.2. The molecule has 1 fully saturated rings. The summed E-state index contributed by atoms with van der Waals surface area (Å²) in [4.78, 5) is 24.0. The van der Waals surface area contributed by atoms with Crippen molar-refractivity contribution < 1.29 is 19.8 Å². The molecule has 1 heterocycles. The third kappa shape index (κ3) is 3.57. The van der Waals surface area contributed by atoms with Gasteiger partial charge in [-0.25, -0.2) is 0 Å². The maximum absolute atomic E-state index is 12.1. The van der Waals surface area contributed by atoms with Gasteiger partial charge in [0, 0.05) is 10.6 Å². The van der Waals surface area contributed by atoms with E-state index in [0.29, 0.717) is 15.1 Å². The number of phenolic OH excluding ortho intramolecular Hbond substituents is 1. The number of carbonyl (C=O) groups is 2. The summed E-state index contributed by atoms with van der Waals surface area (Å²) in [6.45, 7) is -0.493. The Morgan fingerprint density at radius 2 is 2.19 bits per heavy atom. The highest BCUT2D eigenvalue weighted by Gasteiger charge is 2.33. The van der Waals surface area contributed by atoms with E-state index in [-0.39, 0.29) is 15.0 Å². The van der Waals surface area contributed by atoms with Crippen molar-refractivity contribution in [1.82, 2.24) is 4.90 Å². The van der Waals surface area contributed by atoms with Gasteiger partial charge in [0.25, 0.3) is 5.91 Å². The lowest BCUT2D eigenvalue weighted by Gasteiger charge is -2.10. The molecule has 1 saturated heterocycles. The summed E-state index contributed by atoms with van der Waals surface area (Å²) < 4.78 is 0.552. The highest BCUT2D eigenvalue weighted by molar-refractivity contribution is 9.10. The first-order chi connectivity index (χ1) is 9.79. The number of rotatable bonds is 3. The lowest BCUT2D eigenvalue weighted by Crippen LogP contribution is -2.33. The number of hydrogen-bond donors (Lipinski definition) is 2. The van der Waals surface area contributed by atoms with Crippen LogP contribution in [-0.2, 0) is 9.59 Å². The Morgan fingerprint density at radius 3 is 2.81 bits per heavy atom. The molecule has 1 amide bonds. The lowest BCUT2D eigenvalue weighted by molar-refractivity contribution is -0.140. The quantitative estimate of drug-likeness (QED) is 0.591. The standard InChI is InChI=1S/C12H7BrClNO4S2/c13-7-3-6(14)1-5(10(7)18)2-8-11(19)15(4-9(16)17)12(20)21-8/h1-3,18H,4H2,(H,16,17)/b8-2+. The number of hydrogen-bond acceptors (Lipinski definition) is 5. The fraction of sp³-hybridized carbons (Fsp3) is 0.0833. The number of halogens is 2. The van der Waals surface area contributed by atoms with Crippen molar-refractivity contribution in [1.29, 1.82) is 0 Å². The van der Waals surface area contributed by atoms with Crippen LogP contribution in [0.5, 0.6) is 5.75 Å². The van der Waals surface area contributed by atoms with Crippen LogP contribution in [0.1, 0.15) is 5.56 Å². The molecular weight excluding hydrogens is 402 g/mol. The van der Waals surface area contributed by atoms with Gasteiger partial charge in [0.2, 0.25) is 0 Å². The maximum Gasteiger partial charge on any atom is 0.323 e. The number of benzene rings is 1. The molecule has 5 nitrogen and oxygen atoms in total. The van der Waals surface area contributed by atoms with Crippen molar-refractivity contribution in [3.05, 3.63) is 32.1 Å². The molecule has 1 aliphatic rings. The molecule has 0 atom stereocenters. The number of nitrogens with zero attached hydrogens (tertiary/aromatic N) is 1. The number of aliphatic carboxylic acids is 1. The molecule has 0 saturated carbocycles. The van der Waals surface area contributed by atoms with Crippen LogP contribution >= 0.6 is 51.5 Å². The average Bonchev–Trinajstić information content (AvgIpc) is 2.63.